The van der Waals surface area contributed by atoms with Crippen LogP contribution in [0.15, 0.2) is 29.6 Å². The maximum Gasteiger partial charge on any atom is 0.404 e. The number of rotatable bonds is 5. The van der Waals surface area contributed by atoms with Crippen LogP contribution in [0.2, 0.25) is 0 Å². The standard InChI is InChI=1S/C21H29N3O2S/c25-21(26)22-18-6-4-16(5-7-18)8-10-23-11-13-24(14-12-23)19-3-1-2-17-9-15-27-20(17)19/h1-3,9,15-16,18,22H,4-8,10-14H2,(H,25,26). The highest BCUT2D eigenvalue weighted by atomic mass is 32.1. The first-order chi connectivity index (χ1) is 13.2. The molecule has 0 unspecified atom stereocenters. The van der Waals surface area contributed by atoms with Crippen LogP contribution in [-0.4, -0.2) is 54.9 Å². The summed E-state index contributed by atoms with van der Waals surface area (Å²) < 4.78 is 1.41. The van der Waals surface area contributed by atoms with Crippen molar-refractivity contribution in [3.8, 4) is 0 Å². The van der Waals surface area contributed by atoms with E-state index in [9.17, 15) is 4.79 Å². The molecule has 1 amide bonds. The Labute approximate surface area is 165 Å². The van der Waals surface area contributed by atoms with Crippen molar-refractivity contribution in [3.63, 3.8) is 0 Å². The third-order valence-electron chi connectivity index (χ3n) is 6.20. The van der Waals surface area contributed by atoms with Gasteiger partial charge in [0.25, 0.3) is 0 Å². The molecule has 2 N–H and O–H groups in total. The predicted molar refractivity (Wildman–Crippen MR) is 112 cm³/mol. The highest BCUT2D eigenvalue weighted by Gasteiger charge is 2.24. The van der Waals surface area contributed by atoms with Crippen LogP contribution in [0.5, 0.6) is 0 Å². The largest absolute Gasteiger partial charge is 0.465 e. The van der Waals surface area contributed by atoms with Crippen molar-refractivity contribution in [1.29, 1.82) is 0 Å². The van der Waals surface area contributed by atoms with Crippen molar-refractivity contribution >= 4 is 33.2 Å². The molecule has 6 heteroatoms. The summed E-state index contributed by atoms with van der Waals surface area (Å²) in [6, 6.07) is 9.01. The smallest absolute Gasteiger partial charge is 0.404 e. The quantitative estimate of drug-likeness (QED) is 0.806. The van der Waals surface area contributed by atoms with Gasteiger partial charge in [-0.3, -0.25) is 4.90 Å². The first-order valence-corrected chi connectivity index (χ1v) is 11.0. The number of hydrogen-bond donors (Lipinski definition) is 2. The van der Waals surface area contributed by atoms with Crippen molar-refractivity contribution in [2.75, 3.05) is 37.6 Å². The van der Waals surface area contributed by atoms with Gasteiger partial charge in [0.05, 0.1) is 10.4 Å². The summed E-state index contributed by atoms with van der Waals surface area (Å²) in [5, 5.41) is 15.0. The summed E-state index contributed by atoms with van der Waals surface area (Å²) >= 11 is 1.84. The lowest BCUT2D eigenvalue weighted by Gasteiger charge is -2.37. The third-order valence-corrected chi connectivity index (χ3v) is 7.15. The normalized spacial score (nSPS) is 24.2. The fourth-order valence-electron chi connectivity index (χ4n) is 4.57. The fourth-order valence-corrected chi connectivity index (χ4v) is 5.51. The van der Waals surface area contributed by atoms with E-state index in [-0.39, 0.29) is 6.04 Å². The van der Waals surface area contributed by atoms with Crippen LogP contribution < -0.4 is 10.2 Å². The lowest BCUT2D eigenvalue weighted by Crippen LogP contribution is -2.47. The lowest BCUT2D eigenvalue weighted by atomic mass is 9.84. The number of nitrogens with zero attached hydrogens (tertiary/aromatic N) is 2. The molecule has 0 bridgehead atoms. The molecule has 2 aromatic rings. The second-order valence-corrected chi connectivity index (χ2v) is 8.82. The number of amides is 1. The van der Waals surface area contributed by atoms with E-state index in [1.165, 1.54) is 28.7 Å². The third kappa shape index (κ3) is 4.55. The Bertz CT molecular complexity index is 762. The SMILES string of the molecule is O=C(O)NC1CCC(CCN2CCN(c3cccc4ccsc34)CC2)CC1. The van der Waals surface area contributed by atoms with Gasteiger partial charge in [-0.05, 0) is 67.5 Å². The number of piperazine rings is 1. The van der Waals surface area contributed by atoms with Gasteiger partial charge in [-0.15, -0.1) is 11.3 Å². The zero-order chi connectivity index (χ0) is 18.6. The Hall–Kier alpha value is -1.79. The van der Waals surface area contributed by atoms with Crippen LogP contribution in [0.3, 0.4) is 0 Å². The monoisotopic (exact) mass is 387 g/mol. The zero-order valence-electron chi connectivity index (χ0n) is 15.8. The Morgan fingerprint density at radius 3 is 2.63 bits per heavy atom. The number of fused-ring (bicyclic) bond motifs is 1. The predicted octanol–water partition coefficient (Wildman–Crippen LogP) is 4.24. The first kappa shape index (κ1) is 18.6. The lowest BCUT2D eigenvalue weighted by molar-refractivity contribution is 0.177. The van der Waals surface area contributed by atoms with Gasteiger partial charge in [0.2, 0.25) is 0 Å². The molecule has 1 aromatic heterocycles. The summed E-state index contributed by atoms with van der Waals surface area (Å²) in [5.41, 5.74) is 1.39. The topological polar surface area (TPSA) is 55.8 Å². The Morgan fingerprint density at radius 1 is 1.11 bits per heavy atom. The summed E-state index contributed by atoms with van der Waals surface area (Å²) in [6.07, 6.45) is 4.68. The molecule has 146 valence electrons. The molecule has 2 fully saturated rings. The van der Waals surface area contributed by atoms with Gasteiger partial charge >= 0.3 is 6.09 Å². The maximum atomic E-state index is 10.7. The number of anilines is 1. The molecule has 1 saturated heterocycles. The van der Waals surface area contributed by atoms with E-state index < -0.39 is 6.09 Å². The molecule has 1 saturated carbocycles. The Morgan fingerprint density at radius 2 is 1.89 bits per heavy atom. The molecule has 0 spiro atoms. The van der Waals surface area contributed by atoms with Gasteiger partial charge in [-0.25, -0.2) is 4.79 Å². The van der Waals surface area contributed by atoms with E-state index in [0.717, 1.165) is 57.8 Å². The number of thiophene rings is 1. The van der Waals surface area contributed by atoms with E-state index in [1.807, 2.05) is 11.3 Å². The van der Waals surface area contributed by atoms with Crippen molar-refractivity contribution in [2.24, 2.45) is 5.92 Å². The fraction of sp³-hybridized carbons (Fsp3) is 0.571. The molecule has 1 aromatic carbocycles. The van der Waals surface area contributed by atoms with Gasteiger partial charge < -0.3 is 15.3 Å². The molecule has 0 atom stereocenters. The second-order valence-electron chi connectivity index (χ2n) is 7.90. The minimum atomic E-state index is -0.880. The molecule has 0 radical (unpaired) electrons. The van der Waals surface area contributed by atoms with Gasteiger partial charge in [0.15, 0.2) is 0 Å². The number of carbonyl (C=O) groups is 1. The molecule has 5 nitrogen and oxygen atoms in total. The number of nitrogens with one attached hydrogen (secondary N) is 1. The first-order valence-electron chi connectivity index (χ1n) is 10.1. The number of benzene rings is 1. The molecular weight excluding hydrogens is 358 g/mol. The average Bonchev–Trinajstić information content (AvgIpc) is 3.16. The minimum Gasteiger partial charge on any atom is -0.465 e. The molecule has 4 rings (SSSR count). The Kier molecular flexibility index (Phi) is 5.83. The van der Waals surface area contributed by atoms with E-state index in [0.29, 0.717) is 0 Å². The van der Waals surface area contributed by atoms with E-state index in [1.54, 1.807) is 0 Å². The van der Waals surface area contributed by atoms with Gasteiger partial charge in [-0.2, -0.15) is 0 Å². The van der Waals surface area contributed by atoms with Crippen molar-refractivity contribution in [1.82, 2.24) is 10.2 Å². The highest BCUT2D eigenvalue weighted by Crippen LogP contribution is 2.32. The van der Waals surface area contributed by atoms with Crippen LogP contribution in [0.25, 0.3) is 10.1 Å². The average molecular weight is 388 g/mol. The van der Waals surface area contributed by atoms with Crippen molar-refractivity contribution in [2.45, 2.75) is 38.1 Å². The van der Waals surface area contributed by atoms with E-state index in [4.69, 9.17) is 5.11 Å². The van der Waals surface area contributed by atoms with Crippen LogP contribution in [-0.2, 0) is 0 Å². The highest BCUT2D eigenvalue weighted by molar-refractivity contribution is 7.17. The summed E-state index contributed by atoms with van der Waals surface area (Å²) in [5.74, 6) is 0.759. The minimum absolute atomic E-state index is 0.169. The van der Waals surface area contributed by atoms with Gasteiger partial charge in [0, 0.05) is 32.2 Å². The van der Waals surface area contributed by atoms with Crippen LogP contribution >= 0.6 is 11.3 Å². The maximum absolute atomic E-state index is 10.7. The van der Waals surface area contributed by atoms with Crippen LogP contribution in [0, 0.1) is 5.92 Å². The zero-order valence-corrected chi connectivity index (χ0v) is 16.6. The number of carboxylic acid groups (broad SMARTS) is 1. The number of hydrogen-bond acceptors (Lipinski definition) is 4. The molecule has 1 aliphatic heterocycles. The second kappa shape index (κ2) is 8.48. The van der Waals surface area contributed by atoms with E-state index >= 15 is 0 Å². The van der Waals surface area contributed by atoms with Crippen molar-refractivity contribution in [3.05, 3.63) is 29.6 Å². The molecule has 2 heterocycles. The molecule has 2 aliphatic rings. The summed E-state index contributed by atoms with van der Waals surface area (Å²) in [6.45, 7) is 5.66. The Balaban J connectivity index is 1.21. The van der Waals surface area contributed by atoms with Gasteiger partial charge in [-0.1, -0.05) is 12.1 Å². The van der Waals surface area contributed by atoms with E-state index in [2.05, 4.69) is 44.8 Å². The van der Waals surface area contributed by atoms with Crippen molar-refractivity contribution < 1.29 is 9.90 Å². The molecular formula is C21H29N3O2S. The van der Waals surface area contributed by atoms with Gasteiger partial charge in [0.1, 0.15) is 0 Å². The van der Waals surface area contributed by atoms with Crippen LogP contribution in [0.4, 0.5) is 10.5 Å². The summed E-state index contributed by atoms with van der Waals surface area (Å²) in [4.78, 5) is 15.9. The summed E-state index contributed by atoms with van der Waals surface area (Å²) in [7, 11) is 0. The molecule has 1 aliphatic carbocycles. The molecule has 27 heavy (non-hydrogen) atoms. The van der Waals surface area contributed by atoms with Crippen LogP contribution in [0.1, 0.15) is 32.1 Å².